The van der Waals surface area contributed by atoms with E-state index in [1.165, 1.54) is 96.3 Å². The molecule has 1 amide bonds. The number of hydrogen-bond acceptors (Lipinski definition) is 8. The summed E-state index contributed by atoms with van der Waals surface area (Å²) in [7, 11) is 0. The van der Waals surface area contributed by atoms with E-state index < -0.39 is 49.5 Å². The Bertz CT molecular complexity index is 925. The van der Waals surface area contributed by atoms with Crippen LogP contribution in [0, 0.1) is 0 Å². The molecule has 0 saturated carbocycles. The summed E-state index contributed by atoms with van der Waals surface area (Å²) in [6, 6.07) is -0.822. The fourth-order valence-corrected chi connectivity index (χ4v) is 6.64. The van der Waals surface area contributed by atoms with Gasteiger partial charge in [0.15, 0.2) is 6.29 Å². The molecule has 7 unspecified atom stereocenters. The predicted molar refractivity (Wildman–Crippen MR) is 216 cm³/mol. The standard InChI is InChI=1S/C44H81NO8/c1-3-5-7-9-11-13-15-16-17-18-19-20-21-22-23-24-25-27-29-31-33-38(47)37(36-52-44-43(51)42(50)41(49)39(35-46)53-44)45-40(48)34-32-30-28-26-14-12-10-8-6-4-2/h8,10,24-25,31,33,37-39,41-44,46-47,49-51H,3-7,9,11-23,26-30,32,34-36H2,1-2H3,(H,45,48)/b10-8-,25-24+,33-31+. The van der Waals surface area contributed by atoms with Gasteiger partial charge in [0.1, 0.15) is 24.4 Å². The molecule has 1 fully saturated rings. The van der Waals surface area contributed by atoms with E-state index in [9.17, 15) is 30.3 Å². The molecule has 0 spiro atoms. The summed E-state index contributed by atoms with van der Waals surface area (Å²) in [6.07, 6.45) is 34.9. The van der Waals surface area contributed by atoms with Crippen LogP contribution >= 0.6 is 0 Å². The monoisotopic (exact) mass is 752 g/mol. The SMILES string of the molecule is CCC/C=C\CCCCCCCC(=O)NC(COC1OC(CO)C(O)C(O)C1O)C(O)/C=C/CC/C=C/CCCCCCCCCCCCCCCC. The van der Waals surface area contributed by atoms with Gasteiger partial charge in [0.2, 0.25) is 5.91 Å². The molecule has 0 aliphatic carbocycles. The third-order valence-electron chi connectivity index (χ3n) is 10.2. The highest BCUT2D eigenvalue weighted by molar-refractivity contribution is 5.76. The molecule has 0 aromatic carbocycles. The van der Waals surface area contributed by atoms with Crippen molar-refractivity contribution in [3.8, 4) is 0 Å². The van der Waals surface area contributed by atoms with Crippen LogP contribution in [0.2, 0.25) is 0 Å². The lowest BCUT2D eigenvalue weighted by Crippen LogP contribution is -2.60. The number of unbranched alkanes of at least 4 members (excludes halogenated alkanes) is 21. The summed E-state index contributed by atoms with van der Waals surface area (Å²) in [5.74, 6) is -0.200. The molecule has 0 aromatic heterocycles. The number of amides is 1. The fraction of sp³-hybridized carbons (Fsp3) is 0.841. The zero-order valence-electron chi connectivity index (χ0n) is 33.8. The molecule has 0 aromatic rings. The smallest absolute Gasteiger partial charge is 0.220 e. The molecular weight excluding hydrogens is 670 g/mol. The van der Waals surface area contributed by atoms with Crippen LogP contribution in [0.25, 0.3) is 0 Å². The van der Waals surface area contributed by atoms with Crippen LogP contribution in [-0.4, -0.2) is 87.5 Å². The van der Waals surface area contributed by atoms with Crippen LogP contribution in [0.4, 0.5) is 0 Å². The Morgan fingerprint density at radius 1 is 0.623 bits per heavy atom. The highest BCUT2D eigenvalue weighted by Crippen LogP contribution is 2.22. The fourth-order valence-electron chi connectivity index (χ4n) is 6.64. The number of hydrogen-bond donors (Lipinski definition) is 6. The number of carbonyl (C=O) groups is 1. The Morgan fingerprint density at radius 3 is 1.66 bits per heavy atom. The number of aliphatic hydroxyl groups is 5. The van der Waals surface area contributed by atoms with Gasteiger partial charge >= 0.3 is 0 Å². The first-order valence-electron chi connectivity index (χ1n) is 21.7. The number of allylic oxidation sites excluding steroid dienone is 5. The van der Waals surface area contributed by atoms with Crippen molar-refractivity contribution >= 4 is 5.91 Å². The first-order chi connectivity index (χ1) is 25.8. The summed E-state index contributed by atoms with van der Waals surface area (Å²) in [5, 5.41) is 54.0. The van der Waals surface area contributed by atoms with E-state index in [0.717, 1.165) is 64.2 Å². The molecule has 53 heavy (non-hydrogen) atoms. The Balaban J connectivity index is 2.38. The molecule has 310 valence electrons. The molecule has 0 radical (unpaired) electrons. The van der Waals surface area contributed by atoms with E-state index in [1.54, 1.807) is 6.08 Å². The number of nitrogens with one attached hydrogen (secondary N) is 1. The Labute approximate surface area is 323 Å². The number of ether oxygens (including phenoxy) is 2. The van der Waals surface area contributed by atoms with Crippen LogP contribution < -0.4 is 5.32 Å². The van der Waals surface area contributed by atoms with E-state index >= 15 is 0 Å². The van der Waals surface area contributed by atoms with Crippen LogP contribution in [0.1, 0.15) is 181 Å². The van der Waals surface area contributed by atoms with Gasteiger partial charge in [-0.2, -0.15) is 0 Å². The van der Waals surface area contributed by atoms with Gasteiger partial charge in [-0.15, -0.1) is 0 Å². The van der Waals surface area contributed by atoms with Crippen molar-refractivity contribution in [2.24, 2.45) is 0 Å². The summed E-state index contributed by atoms with van der Waals surface area (Å²) >= 11 is 0. The van der Waals surface area contributed by atoms with Crippen molar-refractivity contribution in [2.45, 2.75) is 224 Å². The van der Waals surface area contributed by atoms with Crippen LogP contribution in [0.3, 0.4) is 0 Å². The largest absolute Gasteiger partial charge is 0.394 e. The Kier molecular flexibility index (Phi) is 32.5. The van der Waals surface area contributed by atoms with Crippen LogP contribution in [-0.2, 0) is 14.3 Å². The first-order valence-corrected chi connectivity index (χ1v) is 21.7. The third-order valence-corrected chi connectivity index (χ3v) is 10.2. The topological polar surface area (TPSA) is 149 Å². The third kappa shape index (κ3) is 26.0. The number of carbonyl (C=O) groups excluding carboxylic acids is 1. The maximum atomic E-state index is 12.9. The normalized spacial score (nSPS) is 22.0. The number of rotatable bonds is 35. The molecule has 0 bridgehead atoms. The minimum atomic E-state index is -1.57. The molecule has 1 heterocycles. The van der Waals surface area contributed by atoms with E-state index in [0.29, 0.717) is 6.42 Å². The van der Waals surface area contributed by atoms with E-state index in [1.807, 2.05) is 6.08 Å². The van der Waals surface area contributed by atoms with Crippen molar-refractivity contribution in [1.29, 1.82) is 0 Å². The highest BCUT2D eigenvalue weighted by atomic mass is 16.7. The zero-order chi connectivity index (χ0) is 38.8. The lowest BCUT2D eigenvalue weighted by Gasteiger charge is -2.40. The second-order valence-corrected chi connectivity index (χ2v) is 15.1. The van der Waals surface area contributed by atoms with Crippen molar-refractivity contribution in [1.82, 2.24) is 5.32 Å². The van der Waals surface area contributed by atoms with Gasteiger partial charge in [-0.3, -0.25) is 4.79 Å². The van der Waals surface area contributed by atoms with Crippen molar-refractivity contribution in [3.05, 3.63) is 36.5 Å². The summed E-state index contributed by atoms with van der Waals surface area (Å²) < 4.78 is 11.2. The second-order valence-electron chi connectivity index (χ2n) is 15.1. The Morgan fingerprint density at radius 2 is 1.11 bits per heavy atom. The Hall–Kier alpha value is -1.59. The lowest BCUT2D eigenvalue weighted by atomic mass is 9.99. The maximum absolute atomic E-state index is 12.9. The van der Waals surface area contributed by atoms with Gasteiger partial charge in [-0.05, 0) is 51.4 Å². The molecular formula is C44H81NO8. The molecule has 9 nitrogen and oxygen atoms in total. The molecule has 1 saturated heterocycles. The van der Waals surface area contributed by atoms with Crippen LogP contribution in [0.5, 0.6) is 0 Å². The molecule has 9 heteroatoms. The van der Waals surface area contributed by atoms with Gasteiger partial charge < -0.3 is 40.3 Å². The van der Waals surface area contributed by atoms with Crippen molar-refractivity contribution in [3.63, 3.8) is 0 Å². The second kappa shape index (κ2) is 34.9. The van der Waals surface area contributed by atoms with Gasteiger partial charge in [-0.1, -0.05) is 159 Å². The zero-order valence-corrected chi connectivity index (χ0v) is 33.8. The minimum Gasteiger partial charge on any atom is -0.394 e. The van der Waals surface area contributed by atoms with Crippen molar-refractivity contribution < 1.29 is 39.8 Å². The molecule has 6 N–H and O–H groups in total. The summed E-state index contributed by atoms with van der Waals surface area (Å²) in [6.45, 7) is 3.67. The summed E-state index contributed by atoms with van der Waals surface area (Å²) in [4.78, 5) is 12.9. The summed E-state index contributed by atoms with van der Waals surface area (Å²) in [5.41, 5.74) is 0. The molecule has 1 rings (SSSR count). The number of aliphatic hydroxyl groups excluding tert-OH is 5. The first kappa shape index (κ1) is 49.4. The van der Waals surface area contributed by atoms with Gasteiger partial charge in [0.05, 0.1) is 25.4 Å². The maximum Gasteiger partial charge on any atom is 0.220 e. The minimum absolute atomic E-state index is 0.200. The quantitative estimate of drug-likeness (QED) is 0.0279. The lowest BCUT2D eigenvalue weighted by molar-refractivity contribution is -0.302. The van der Waals surface area contributed by atoms with Crippen molar-refractivity contribution in [2.75, 3.05) is 13.2 Å². The molecule has 1 aliphatic rings. The molecule has 7 atom stereocenters. The average molecular weight is 752 g/mol. The van der Waals surface area contributed by atoms with Crippen LogP contribution in [0.15, 0.2) is 36.5 Å². The predicted octanol–water partition coefficient (Wildman–Crippen LogP) is 8.50. The van der Waals surface area contributed by atoms with Gasteiger partial charge in [0, 0.05) is 6.42 Å². The highest BCUT2D eigenvalue weighted by Gasteiger charge is 2.44. The average Bonchev–Trinajstić information content (AvgIpc) is 3.16. The van der Waals surface area contributed by atoms with E-state index in [4.69, 9.17) is 9.47 Å². The van der Waals surface area contributed by atoms with E-state index in [2.05, 4.69) is 43.5 Å². The van der Waals surface area contributed by atoms with E-state index in [-0.39, 0.29) is 12.5 Å². The van der Waals surface area contributed by atoms with Gasteiger partial charge in [0.25, 0.3) is 0 Å². The molecule has 1 aliphatic heterocycles. The van der Waals surface area contributed by atoms with Gasteiger partial charge in [-0.25, -0.2) is 0 Å².